The van der Waals surface area contributed by atoms with Crippen LogP contribution in [0, 0.1) is 0 Å². The van der Waals surface area contributed by atoms with Crippen LogP contribution in [-0.4, -0.2) is 28.0 Å². The molecule has 1 aromatic heterocycles. The minimum atomic E-state index is -0.363. The third kappa shape index (κ3) is 4.98. The van der Waals surface area contributed by atoms with Crippen molar-refractivity contribution in [3.63, 3.8) is 0 Å². The second-order valence-corrected chi connectivity index (χ2v) is 7.47. The van der Waals surface area contributed by atoms with Crippen molar-refractivity contribution < 1.29 is 9.53 Å². The quantitative estimate of drug-likeness (QED) is 0.605. The maximum Gasteiger partial charge on any atom is 0.319 e. The van der Waals surface area contributed by atoms with E-state index in [1.54, 1.807) is 6.92 Å². The second-order valence-electron chi connectivity index (χ2n) is 4.10. The summed E-state index contributed by atoms with van der Waals surface area (Å²) in [5, 5.41) is 7.74. The second kappa shape index (κ2) is 7.77. The summed E-state index contributed by atoms with van der Waals surface area (Å²) in [6.07, 6.45) is 0.566. The highest BCUT2D eigenvalue weighted by Gasteiger charge is 2.23. The Morgan fingerprint density at radius 1 is 1.43 bits per heavy atom. The van der Waals surface area contributed by atoms with E-state index in [1.165, 1.54) is 23.1 Å². The van der Waals surface area contributed by atoms with Gasteiger partial charge in [-0.25, -0.2) is 0 Å². The van der Waals surface area contributed by atoms with E-state index in [9.17, 15) is 4.79 Å². The molecule has 1 heterocycles. The Bertz CT molecular complexity index is 604. The van der Waals surface area contributed by atoms with Gasteiger partial charge in [0.1, 0.15) is 5.25 Å². The summed E-state index contributed by atoms with van der Waals surface area (Å²) in [6, 6.07) is 7.85. The molecule has 1 unspecified atom stereocenters. The summed E-state index contributed by atoms with van der Waals surface area (Å²) in [6.45, 7) is 2.15. The van der Waals surface area contributed by atoms with Gasteiger partial charge in [-0.2, -0.15) is 0 Å². The number of esters is 1. The number of anilines is 1. The molecule has 1 atom stereocenters. The average Bonchev–Trinajstić information content (AvgIpc) is 2.86. The molecule has 0 aliphatic heterocycles. The predicted octanol–water partition coefficient (Wildman–Crippen LogP) is 3.15. The first-order chi connectivity index (χ1) is 10.1. The number of aromatic nitrogens is 2. The molecule has 0 amide bonds. The van der Waals surface area contributed by atoms with Crippen molar-refractivity contribution in [2.24, 2.45) is 0 Å². The van der Waals surface area contributed by atoms with Crippen molar-refractivity contribution >= 4 is 50.1 Å². The first kappa shape index (κ1) is 16.3. The Morgan fingerprint density at radius 3 is 2.71 bits per heavy atom. The van der Waals surface area contributed by atoms with Gasteiger partial charge in [0, 0.05) is 4.47 Å². The molecule has 1 aromatic carbocycles. The average molecular weight is 388 g/mol. The van der Waals surface area contributed by atoms with E-state index in [2.05, 4.69) is 26.1 Å². The fraction of sp³-hybridized carbons (Fsp3) is 0.308. The largest absolute Gasteiger partial charge is 0.465 e. The number of nitrogens with two attached hydrogens (primary N) is 1. The van der Waals surface area contributed by atoms with Gasteiger partial charge in [0.25, 0.3) is 0 Å². The zero-order chi connectivity index (χ0) is 15.2. The molecule has 0 saturated heterocycles. The molecular weight excluding hydrogens is 374 g/mol. The summed E-state index contributed by atoms with van der Waals surface area (Å²) >= 11 is 6.00. The smallest absolute Gasteiger partial charge is 0.319 e. The third-order valence-electron chi connectivity index (χ3n) is 2.55. The molecule has 0 saturated carbocycles. The lowest BCUT2D eigenvalue weighted by Gasteiger charge is -2.13. The standard InChI is InChI=1S/C13H14BrN3O2S2/c1-2-19-11(18)10(20-13-17-16-12(15)21-13)7-8-3-5-9(14)6-4-8/h3-6,10H,2,7H2,1H3,(H2,15,16). The van der Waals surface area contributed by atoms with Gasteiger partial charge in [-0.1, -0.05) is 51.2 Å². The highest BCUT2D eigenvalue weighted by Crippen LogP contribution is 2.30. The number of nitrogen functional groups attached to an aromatic ring is 1. The van der Waals surface area contributed by atoms with E-state index in [0.717, 1.165) is 10.0 Å². The minimum Gasteiger partial charge on any atom is -0.465 e. The van der Waals surface area contributed by atoms with E-state index in [-0.39, 0.29) is 11.2 Å². The number of thioether (sulfide) groups is 1. The molecule has 2 rings (SSSR count). The molecule has 0 aliphatic carbocycles. The number of nitrogens with zero attached hydrogens (tertiary/aromatic N) is 2. The Kier molecular flexibility index (Phi) is 6.01. The molecule has 0 aliphatic rings. The van der Waals surface area contributed by atoms with Gasteiger partial charge < -0.3 is 10.5 Å². The molecule has 0 fully saturated rings. The Hall–Kier alpha value is -1.12. The summed E-state index contributed by atoms with van der Waals surface area (Å²) < 4.78 is 6.81. The van der Waals surface area contributed by atoms with Crippen molar-refractivity contribution in [3.8, 4) is 0 Å². The molecule has 2 aromatic rings. The number of hydrogen-bond acceptors (Lipinski definition) is 7. The molecule has 112 valence electrons. The van der Waals surface area contributed by atoms with Gasteiger partial charge in [-0.3, -0.25) is 4.79 Å². The molecule has 0 radical (unpaired) electrons. The first-order valence-corrected chi connectivity index (χ1v) is 8.74. The van der Waals surface area contributed by atoms with Gasteiger partial charge in [-0.05, 0) is 31.0 Å². The molecule has 0 bridgehead atoms. The number of carbonyl (C=O) groups excluding carboxylic acids is 1. The number of ether oxygens (including phenoxy) is 1. The van der Waals surface area contributed by atoms with E-state index in [0.29, 0.717) is 22.5 Å². The van der Waals surface area contributed by atoms with Crippen molar-refractivity contribution in [3.05, 3.63) is 34.3 Å². The molecular formula is C13H14BrN3O2S2. The van der Waals surface area contributed by atoms with Crippen LogP contribution < -0.4 is 5.73 Å². The van der Waals surface area contributed by atoms with Crippen molar-refractivity contribution in [1.82, 2.24) is 10.2 Å². The third-order valence-corrected chi connectivity index (χ3v) is 5.09. The van der Waals surface area contributed by atoms with Crippen LogP contribution in [0.25, 0.3) is 0 Å². The van der Waals surface area contributed by atoms with Crippen LogP contribution in [0.4, 0.5) is 5.13 Å². The Labute approximate surface area is 139 Å². The lowest BCUT2D eigenvalue weighted by Crippen LogP contribution is -2.22. The van der Waals surface area contributed by atoms with E-state index < -0.39 is 0 Å². The maximum absolute atomic E-state index is 12.1. The summed E-state index contributed by atoms with van der Waals surface area (Å²) in [7, 11) is 0. The normalized spacial score (nSPS) is 12.1. The summed E-state index contributed by atoms with van der Waals surface area (Å²) in [4.78, 5) is 12.1. The minimum absolute atomic E-state index is 0.251. The summed E-state index contributed by atoms with van der Waals surface area (Å²) in [5.41, 5.74) is 6.63. The molecule has 8 heteroatoms. The monoisotopic (exact) mass is 387 g/mol. The Balaban J connectivity index is 2.11. The number of hydrogen-bond donors (Lipinski definition) is 1. The number of halogens is 1. The fourth-order valence-corrected chi connectivity index (χ4v) is 3.81. The zero-order valence-electron chi connectivity index (χ0n) is 11.3. The van der Waals surface area contributed by atoms with Crippen LogP contribution >= 0.6 is 39.0 Å². The predicted molar refractivity (Wildman–Crippen MR) is 88.4 cm³/mol. The lowest BCUT2D eigenvalue weighted by atomic mass is 10.1. The van der Waals surface area contributed by atoms with E-state index in [1.807, 2.05) is 24.3 Å². The van der Waals surface area contributed by atoms with Crippen LogP contribution in [0.5, 0.6) is 0 Å². The van der Waals surface area contributed by atoms with Crippen LogP contribution in [0.1, 0.15) is 12.5 Å². The Morgan fingerprint density at radius 2 is 2.14 bits per heavy atom. The van der Waals surface area contributed by atoms with Crippen LogP contribution in [0.15, 0.2) is 33.1 Å². The van der Waals surface area contributed by atoms with Gasteiger partial charge in [0.2, 0.25) is 5.13 Å². The lowest BCUT2D eigenvalue weighted by molar-refractivity contribution is -0.142. The number of carbonyl (C=O) groups is 1. The van der Waals surface area contributed by atoms with Gasteiger partial charge in [0.05, 0.1) is 6.61 Å². The van der Waals surface area contributed by atoms with Crippen LogP contribution in [0.3, 0.4) is 0 Å². The molecule has 5 nitrogen and oxygen atoms in total. The summed E-state index contributed by atoms with van der Waals surface area (Å²) in [5.74, 6) is -0.251. The molecule has 21 heavy (non-hydrogen) atoms. The van der Waals surface area contributed by atoms with E-state index >= 15 is 0 Å². The van der Waals surface area contributed by atoms with Crippen molar-refractivity contribution in [1.29, 1.82) is 0 Å². The molecule has 2 N–H and O–H groups in total. The first-order valence-electron chi connectivity index (χ1n) is 6.25. The van der Waals surface area contributed by atoms with Gasteiger partial charge >= 0.3 is 5.97 Å². The zero-order valence-corrected chi connectivity index (χ0v) is 14.5. The van der Waals surface area contributed by atoms with Crippen LogP contribution in [0.2, 0.25) is 0 Å². The highest BCUT2D eigenvalue weighted by atomic mass is 79.9. The number of benzene rings is 1. The van der Waals surface area contributed by atoms with Gasteiger partial charge in [-0.15, -0.1) is 10.2 Å². The highest BCUT2D eigenvalue weighted by molar-refractivity contribution is 9.10. The van der Waals surface area contributed by atoms with Gasteiger partial charge in [0.15, 0.2) is 4.34 Å². The fourth-order valence-electron chi connectivity index (χ4n) is 1.63. The topological polar surface area (TPSA) is 78.1 Å². The van der Waals surface area contributed by atoms with Crippen LogP contribution in [-0.2, 0) is 16.0 Å². The maximum atomic E-state index is 12.1. The molecule has 0 spiro atoms. The van der Waals surface area contributed by atoms with Crippen molar-refractivity contribution in [2.45, 2.75) is 22.9 Å². The van der Waals surface area contributed by atoms with E-state index in [4.69, 9.17) is 10.5 Å². The van der Waals surface area contributed by atoms with Crippen molar-refractivity contribution in [2.75, 3.05) is 12.3 Å². The number of rotatable bonds is 6. The SMILES string of the molecule is CCOC(=O)C(Cc1ccc(Br)cc1)Sc1nnc(N)s1.